The topological polar surface area (TPSA) is 24.9 Å². The number of rotatable bonds is 4. The van der Waals surface area contributed by atoms with Gasteiger partial charge in [-0.1, -0.05) is 34.1 Å². The third-order valence-corrected chi connectivity index (χ3v) is 3.53. The van der Waals surface area contributed by atoms with Gasteiger partial charge in [-0.25, -0.2) is 0 Å². The lowest BCUT2D eigenvalue weighted by Gasteiger charge is -2.20. The summed E-state index contributed by atoms with van der Waals surface area (Å²) in [4.78, 5) is 4.15. The number of nitrogens with zero attached hydrogens (tertiary/aromatic N) is 1. The number of nitrogens with one attached hydrogen (secondary N) is 1. The second-order valence-corrected chi connectivity index (χ2v) is 5.37. The summed E-state index contributed by atoms with van der Waals surface area (Å²) in [6.45, 7) is 4.33. The highest BCUT2D eigenvalue weighted by Crippen LogP contribution is 2.21. The molecule has 0 aliphatic heterocycles. The van der Waals surface area contributed by atoms with Crippen LogP contribution in [0.15, 0.2) is 53.3 Å². The summed E-state index contributed by atoms with van der Waals surface area (Å²) >= 11 is 3.50. The fourth-order valence-corrected chi connectivity index (χ4v) is 2.39. The van der Waals surface area contributed by atoms with Crippen molar-refractivity contribution in [3.05, 3.63) is 64.4 Å². The Hall–Kier alpha value is -1.19. The molecule has 2 atom stereocenters. The van der Waals surface area contributed by atoms with Gasteiger partial charge >= 0.3 is 0 Å². The molecule has 1 N–H and O–H groups in total. The van der Waals surface area contributed by atoms with Crippen LogP contribution in [0.3, 0.4) is 0 Å². The third kappa shape index (κ3) is 3.40. The summed E-state index contributed by atoms with van der Waals surface area (Å²) in [5.74, 6) is 0. The highest BCUT2D eigenvalue weighted by Gasteiger charge is 2.11. The summed E-state index contributed by atoms with van der Waals surface area (Å²) in [5, 5.41) is 3.58. The SMILES string of the molecule is CC(NC(C)c1cccc(Br)c1)c1cccnc1. The first kappa shape index (κ1) is 13.2. The van der Waals surface area contributed by atoms with E-state index in [0.717, 1.165) is 4.47 Å². The molecular formula is C15H17BrN2. The van der Waals surface area contributed by atoms with Crippen molar-refractivity contribution in [2.24, 2.45) is 0 Å². The average Bonchev–Trinajstić information content (AvgIpc) is 2.39. The maximum atomic E-state index is 4.15. The van der Waals surface area contributed by atoms with Gasteiger partial charge in [0.2, 0.25) is 0 Å². The Morgan fingerprint density at radius 1 is 1.06 bits per heavy atom. The molecule has 1 aromatic heterocycles. The van der Waals surface area contributed by atoms with Gasteiger partial charge in [-0.2, -0.15) is 0 Å². The molecule has 1 aromatic carbocycles. The maximum absolute atomic E-state index is 4.15. The van der Waals surface area contributed by atoms with E-state index < -0.39 is 0 Å². The van der Waals surface area contributed by atoms with Crippen LogP contribution in [0.5, 0.6) is 0 Å². The molecule has 0 bridgehead atoms. The van der Waals surface area contributed by atoms with Gasteiger partial charge < -0.3 is 5.32 Å². The number of pyridine rings is 1. The van der Waals surface area contributed by atoms with Crippen molar-refractivity contribution in [2.45, 2.75) is 25.9 Å². The first-order valence-electron chi connectivity index (χ1n) is 6.08. The number of hydrogen-bond donors (Lipinski definition) is 1. The highest BCUT2D eigenvalue weighted by molar-refractivity contribution is 9.10. The van der Waals surface area contributed by atoms with E-state index in [9.17, 15) is 0 Å². The van der Waals surface area contributed by atoms with Crippen LogP contribution in [0.1, 0.15) is 37.1 Å². The zero-order chi connectivity index (χ0) is 13.0. The van der Waals surface area contributed by atoms with Crippen LogP contribution in [0.4, 0.5) is 0 Å². The Morgan fingerprint density at radius 2 is 1.78 bits per heavy atom. The number of aromatic nitrogens is 1. The van der Waals surface area contributed by atoms with Crippen LogP contribution in [0, 0.1) is 0 Å². The molecule has 2 nitrogen and oxygen atoms in total. The lowest BCUT2D eigenvalue weighted by molar-refractivity contribution is 0.493. The number of hydrogen-bond acceptors (Lipinski definition) is 2. The van der Waals surface area contributed by atoms with Crippen molar-refractivity contribution in [2.75, 3.05) is 0 Å². The molecule has 0 aliphatic carbocycles. The lowest BCUT2D eigenvalue weighted by Crippen LogP contribution is -2.22. The predicted octanol–water partition coefficient (Wildman–Crippen LogP) is 4.26. The number of halogens is 1. The molecule has 0 spiro atoms. The Kier molecular flexibility index (Phi) is 4.50. The Balaban J connectivity index is 2.05. The van der Waals surface area contributed by atoms with Crippen molar-refractivity contribution in [1.29, 1.82) is 0 Å². The minimum Gasteiger partial charge on any atom is -0.304 e. The Morgan fingerprint density at radius 3 is 2.44 bits per heavy atom. The monoisotopic (exact) mass is 304 g/mol. The van der Waals surface area contributed by atoms with Crippen LogP contribution in [0.2, 0.25) is 0 Å². The van der Waals surface area contributed by atoms with E-state index >= 15 is 0 Å². The molecule has 0 aliphatic rings. The molecule has 18 heavy (non-hydrogen) atoms. The summed E-state index contributed by atoms with van der Waals surface area (Å²) < 4.78 is 1.11. The van der Waals surface area contributed by atoms with Gasteiger partial charge in [-0.3, -0.25) is 4.98 Å². The molecular weight excluding hydrogens is 288 g/mol. The minimum atomic E-state index is 0.285. The second kappa shape index (κ2) is 6.12. The molecule has 94 valence electrons. The zero-order valence-corrected chi connectivity index (χ0v) is 12.2. The van der Waals surface area contributed by atoms with Crippen molar-refractivity contribution < 1.29 is 0 Å². The Bertz CT molecular complexity index is 499. The summed E-state index contributed by atoms with van der Waals surface area (Å²) in [6.07, 6.45) is 3.71. The maximum Gasteiger partial charge on any atom is 0.0315 e. The molecule has 2 unspecified atom stereocenters. The van der Waals surface area contributed by atoms with E-state index in [4.69, 9.17) is 0 Å². The van der Waals surface area contributed by atoms with Gasteiger partial charge in [0, 0.05) is 29.0 Å². The van der Waals surface area contributed by atoms with Crippen LogP contribution in [0.25, 0.3) is 0 Å². The van der Waals surface area contributed by atoms with Gasteiger partial charge in [0.25, 0.3) is 0 Å². The van der Waals surface area contributed by atoms with Crippen LogP contribution >= 0.6 is 15.9 Å². The molecule has 2 aromatic rings. The minimum absolute atomic E-state index is 0.285. The standard InChI is InChI=1S/C15H17BrN2/c1-11(13-5-3-7-15(16)9-13)18-12(2)14-6-4-8-17-10-14/h3-12,18H,1-2H3. The van der Waals surface area contributed by atoms with Crippen LogP contribution in [-0.2, 0) is 0 Å². The van der Waals surface area contributed by atoms with Gasteiger partial charge in [-0.05, 0) is 43.2 Å². The van der Waals surface area contributed by atoms with Crippen molar-refractivity contribution in [3.63, 3.8) is 0 Å². The molecule has 3 heteroatoms. The van der Waals surface area contributed by atoms with E-state index in [1.807, 2.05) is 18.3 Å². The molecule has 0 saturated carbocycles. The van der Waals surface area contributed by atoms with Crippen molar-refractivity contribution in [1.82, 2.24) is 10.3 Å². The summed E-state index contributed by atoms with van der Waals surface area (Å²) in [5.41, 5.74) is 2.49. The second-order valence-electron chi connectivity index (χ2n) is 4.45. The van der Waals surface area contributed by atoms with E-state index in [2.05, 4.69) is 64.3 Å². The molecule has 0 fully saturated rings. The average molecular weight is 305 g/mol. The Labute approximate surface area is 117 Å². The third-order valence-electron chi connectivity index (χ3n) is 3.03. The van der Waals surface area contributed by atoms with Crippen molar-refractivity contribution >= 4 is 15.9 Å². The van der Waals surface area contributed by atoms with E-state index in [0.29, 0.717) is 6.04 Å². The first-order valence-corrected chi connectivity index (χ1v) is 6.87. The largest absolute Gasteiger partial charge is 0.304 e. The quantitative estimate of drug-likeness (QED) is 0.913. The van der Waals surface area contributed by atoms with E-state index in [-0.39, 0.29) is 6.04 Å². The van der Waals surface area contributed by atoms with Gasteiger partial charge in [-0.15, -0.1) is 0 Å². The molecule has 1 heterocycles. The lowest BCUT2D eigenvalue weighted by atomic mass is 10.1. The first-order chi connectivity index (χ1) is 8.66. The van der Waals surface area contributed by atoms with Crippen LogP contribution < -0.4 is 5.32 Å². The highest BCUT2D eigenvalue weighted by atomic mass is 79.9. The summed E-state index contributed by atoms with van der Waals surface area (Å²) in [6, 6.07) is 13.0. The van der Waals surface area contributed by atoms with E-state index in [1.165, 1.54) is 11.1 Å². The zero-order valence-electron chi connectivity index (χ0n) is 10.6. The van der Waals surface area contributed by atoms with Gasteiger partial charge in [0.05, 0.1) is 0 Å². The molecule has 2 rings (SSSR count). The normalized spacial score (nSPS) is 14.2. The van der Waals surface area contributed by atoms with Gasteiger partial charge in [0.1, 0.15) is 0 Å². The molecule has 0 amide bonds. The fraction of sp³-hybridized carbons (Fsp3) is 0.267. The van der Waals surface area contributed by atoms with Gasteiger partial charge in [0.15, 0.2) is 0 Å². The van der Waals surface area contributed by atoms with Crippen LogP contribution in [-0.4, -0.2) is 4.98 Å². The fourth-order valence-electron chi connectivity index (χ4n) is 1.98. The van der Waals surface area contributed by atoms with E-state index in [1.54, 1.807) is 6.20 Å². The predicted molar refractivity (Wildman–Crippen MR) is 78.3 cm³/mol. The smallest absolute Gasteiger partial charge is 0.0315 e. The summed E-state index contributed by atoms with van der Waals surface area (Å²) in [7, 11) is 0. The molecule has 0 saturated heterocycles. The molecule has 0 radical (unpaired) electrons. The van der Waals surface area contributed by atoms with Crippen molar-refractivity contribution in [3.8, 4) is 0 Å². The number of benzene rings is 1.